The molecule has 1 fully saturated rings. The van der Waals surface area contributed by atoms with E-state index in [-0.39, 0.29) is 12.1 Å². The lowest BCUT2D eigenvalue weighted by molar-refractivity contribution is 0.0496. The van der Waals surface area contributed by atoms with Crippen molar-refractivity contribution in [2.75, 3.05) is 0 Å². The minimum atomic E-state index is 0.183. The van der Waals surface area contributed by atoms with Gasteiger partial charge in [0.2, 0.25) is 0 Å². The molecule has 0 aromatic heterocycles. The van der Waals surface area contributed by atoms with Crippen LogP contribution >= 0.6 is 0 Å². The molecule has 1 rings (SSSR count). The van der Waals surface area contributed by atoms with Crippen molar-refractivity contribution in [1.29, 1.82) is 0 Å². The van der Waals surface area contributed by atoms with Crippen LogP contribution < -0.4 is 11.5 Å². The molecule has 0 amide bonds. The molecule has 0 radical (unpaired) electrons. The van der Waals surface area contributed by atoms with Gasteiger partial charge in [-0.3, -0.25) is 0 Å². The van der Waals surface area contributed by atoms with E-state index in [0.29, 0.717) is 23.2 Å². The third kappa shape index (κ3) is 2.54. The van der Waals surface area contributed by atoms with Crippen LogP contribution in [-0.4, -0.2) is 12.1 Å². The van der Waals surface area contributed by atoms with Crippen LogP contribution in [0.3, 0.4) is 0 Å². The first-order valence-electron chi connectivity index (χ1n) is 6.30. The topological polar surface area (TPSA) is 52.0 Å². The van der Waals surface area contributed by atoms with Gasteiger partial charge in [-0.1, -0.05) is 41.0 Å². The smallest absolute Gasteiger partial charge is 0.0226 e. The molecule has 90 valence electrons. The predicted octanol–water partition coefficient (Wildman–Crippen LogP) is 2.37. The first-order valence-corrected chi connectivity index (χ1v) is 6.30. The summed E-state index contributed by atoms with van der Waals surface area (Å²) in [5.41, 5.74) is 12.8. The highest BCUT2D eigenvalue weighted by atomic mass is 14.8. The Labute approximate surface area is 94.8 Å². The van der Waals surface area contributed by atoms with Gasteiger partial charge < -0.3 is 11.5 Å². The fraction of sp³-hybridized carbons (Fsp3) is 1.00. The molecule has 0 saturated heterocycles. The van der Waals surface area contributed by atoms with Crippen molar-refractivity contribution >= 4 is 0 Å². The van der Waals surface area contributed by atoms with E-state index < -0.39 is 0 Å². The Morgan fingerprint density at radius 2 is 1.67 bits per heavy atom. The molecule has 0 spiro atoms. The van der Waals surface area contributed by atoms with Crippen LogP contribution in [0.25, 0.3) is 0 Å². The zero-order chi connectivity index (χ0) is 11.8. The van der Waals surface area contributed by atoms with Gasteiger partial charge in [-0.05, 0) is 29.6 Å². The van der Waals surface area contributed by atoms with E-state index in [9.17, 15) is 0 Å². The molecule has 0 heterocycles. The third-order valence-electron chi connectivity index (χ3n) is 4.32. The minimum Gasteiger partial charge on any atom is -0.326 e. The van der Waals surface area contributed by atoms with E-state index >= 15 is 0 Å². The standard InChI is InChI=1S/C13H28N2/c1-6-9-10(13(3,4)5)7-8(2)11(14)12(9)15/h8-12H,6-7,14-15H2,1-5H3. The third-order valence-corrected chi connectivity index (χ3v) is 4.32. The molecule has 15 heavy (non-hydrogen) atoms. The van der Waals surface area contributed by atoms with Gasteiger partial charge in [0.25, 0.3) is 0 Å². The molecule has 4 N–H and O–H groups in total. The SMILES string of the molecule is CCC1C(N)C(N)C(C)CC1C(C)(C)C. The predicted molar refractivity (Wildman–Crippen MR) is 66.5 cm³/mol. The Balaban J connectivity index is 2.87. The highest BCUT2D eigenvalue weighted by Crippen LogP contribution is 2.44. The molecule has 2 heteroatoms. The van der Waals surface area contributed by atoms with Crippen LogP contribution in [0.1, 0.15) is 47.5 Å². The van der Waals surface area contributed by atoms with Crippen molar-refractivity contribution in [3.05, 3.63) is 0 Å². The molecule has 5 atom stereocenters. The molecule has 1 aliphatic carbocycles. The Bertz CT molecular complexity index is 207. The van der Waals surface area contributed by atoms with Gasteiger partial charge in [0.05, 0.1) is 0 Å². The summed E-state index contributed by atoms with van der Waals surface area (Å²) >= 11 is 0. The van der Waals surface area contributed by atoms with E-state index in [1.807, 2.05) is 0 Å². The molecule has 1 saturated carbocycles. The second-order valence-electron chi connectivity index (χ2n) is 6.41. The van der Waals surface area contributed by atoms with Crippen molar-refractivity contribution in [3.63, 3.8) is 0 Å². The van der Waals surface area contributed by atoms with Crippen LogP contribution in [0.2, 0.25) is 0 Å². The van der Waals surface area contributed by atoms with Gasteiger partial charge in [-0.2, -0.15) is 0 Å². The normalized spacial score (nSPS) is 43.0. The largest absolute Gasteiger partial charge is 0.326 e. The summed E-state index contributed by atoms with van der Waals surface area (Å²) in [6, 6.07) is 0.372. The zero-order valence-corrected chi connectivity index (χ0v) is 11.0. The zero-order valence-electron chi connectivity index (χ0n) is 11.0. The number of nitrogens with two attached hydrogens (primary N) is 2. The summed E-state index contributed by atoms with van der Waals surface area (Å²) in [4.78, 5) is 0. The number of hydrogen-bond donors (Lipinski definition) is 2. The summed E-state index contributed by atoms with van der Waals surface area (Å²) in [7, 11) is 0. The van der Waals surface area contributed by atoms with Crippen molar-refractivity contribution in [1.82, 2.24) is 0 Å². The lowest BCUT2D eigenvalue weighted by Gasteiger charge is -2.48. The lowest BCUT2D eigenvalue weighted by atomic mass is 9.60. The van der Waals surface area contributed by atoms with Crippen molar-refractivity contribution in [2.24, 2.45) is 34.6 Å². The fourth-order valence-electron chi connectivity index (χ4n) is 3.22. The van der Waals surface area contributed by atoms with Gasteiger partial charge in [0.15, 0.2) is 0 Å². The Kier molecular flexibility index (Phi) is 3.83. The second kappa shape index (κ2) is 4.42. The lowest BCUT2D eigenvalue weighted by Crippen LogP contribution is -2.57. The molecular weight excluding hydrogens is 184 g/mol. The minimum absolute atomic E-state index is 0.183. The Hall–Kier alpha value is -0.0800. The Morgan fingerprint density at radius 3 is 2.07 bits per heavy atom. The van der Waals surface area contributed by atoms with Gasteiger partial charge in [0.1, 0.15) is 0 Å². The first-order chi connectivity index (χ1) is 6.79. The summed E-state index contributed by atoms with van der Waals surface area (Å²) in [5, 5.41) is 0. The van der Waals surface area contributed by atoms with E-state index in [2.05, 4.69) is 34.6 Å². The Morgan fingerprint density at radius 1 is 1.13 bits per heavy atom. The van der Waals surface area contributed by atoms with Crippen LogP contribution in [-0.2, 0) is 0 Å². The molecule has 0 aromatic carbocycles. The quantitative estimate of drug-likeness (QED) is 0.701. The maximum absolute atomic E-state index is 6.29. The molecule has 1 aliphatic rings. The van der Waals surface area contributed by atoms with E-state index in [1.165, 1.54) is 6.42 Å². The number of hydrogen-bond acceptors (Lipinski definition) is 2. The molecule has 0 aromatic rings. The summed E-state index contributed by atoms with van der Waals surface area (Å²) in [6.07, 6.45) is 2.39. The fourth-order valence-corrected chi connectivity index (χ4v) is 3.22. The summed E-state index contributed by atoms with van der Waals surface area (Å²) in [6.45, 7) is 11.5. The van der Waals surface area contributed by atoms with Gasteiger partial charge >= 0.3 is 0 Å². The van der Waals surface area contributed by atoms with Gasteiger partial charge in [0, 0.05) is 12.1 Å². The van der Waals surface area contributed by atoms with Gasteiger partial charge in [-0.15, -0.1) is 0 Å². The van der Waals surface area contributed by atoms with Crippen LogP contribution in [0.5, 0.6) is 0 Å². The maximum Gasteiger partial charge on any atom is 0.0226 e. The molecule has 0 aliphatic heterocycles. The van der Waals surface area contributed by atoms with Crippen molar-refractivity contribution in [3.8, 4) is 0 Å². The van der Waals surface area contributed by atoms with Crippen molar-refractivity contribution < 1.29 is 0 Å². The highest BCUT2D eigenvalue weighted by Gasteiger charge is 2.43. The monoisotopic (exact) mass is 212 g/mol. The second-order valence-corrected chi connectivity index (χ2v) is 6.41. The summed E-state index contributed by atoms with van der Waals surface area (Å²) in [5.74, 6) is 1.87. The summed E-state index contributed by atoms with van der Waals surface area (Å²) < 4.78 is 0. The van der Waals surface area contributed by atoms with Crippen LogP contribution in [0, 0.1) is 23.2 Å². The van der Waals surface area contributed by atoms with Crippen molar-refractivity contribution in [2.45, 2.75) is 59.5 Å². The number of rotatable bonds is 1. The van der Waals surface area contributed by atoms with E-state index in [4.69, 9.17) is 11.5 Å². The maximum atomic E-state index is 6.29. The van der Waals surface area contributed by atoms with E-state index in [1.54, 1.807) is 0 Å². The van der Waals surface area contributed by atoms with Crippen LogP contribution in [0.15, 0.2) is 0 Å². The average Bonchev–Trinajstić information content (AvgIpc) is 2.12. The molecular formula is C13H28N2. The molecule has 2 nitrogen and oxygen atoms in total. The first kappa shape index (κ1) is 13.0. The van der Waals surface area contributed by atoms with Crippen LogP contribution in [0.4, 0.5) is 0 Å². The average molecular weight is 212 g/mol. The highest BCUT2D eigenvalue weighted by molar-refractivity contribution is 4.98. The molecule has 5 unspecified atom stereocenters. The molecule has 0 bridgehead atoms. The van der Waals surface area contributed by atoms with Gasteiger partial charge in [-0.25, -0.2) is 0 Å². The van der Waals surface area contributed by atoms with E-state index in [0.717, 1.165) is 6.42 Å².